The second-order valence-corrected chi connectivity index (χ2v) is 4.49. The molecule has 0 saturated heterocycles. The molecule has 0 amide bonds. The van der Waals surface area contributed by atoms with Gasteiger partial charge in [-0.05, 0) is 36.1 Å². The van der Waals surface area contributed by atoms with Crippen molar-refractivity contribution in [2.45, 2.75) is 6.92 Å². The van der Waals surface area contributed by atoms with Crippen LogP contribution in [-0.2, 0) is 0 Å². The van der Waals surface area contributed by atoms with Crippen molar-refractivity contribution in [3.05, 3.63) is 45.1 Å². The van der Waals surface area contributed by atoms with Gasteiger partial charge in [-0.1, -0.05) is 33.6 Å². The Hall–Kier alpha value is -0.600. The molecule has 0 atom stereocenters. The van der Waals surface area contributed by atoms with Crippen molar-refractivity contribution < 1.29 is 4.39 Å². The average Bonchev–Trinajstić information content (AvgIpc) is 1.99. The van der Waals surface area contributed by atoms with Crippen LogP contribution in [0.4, 0.5) is 4.39 Å². The fraction of sp³-hybridized carbons (Fsp3) is 0.0909. The van der Waals surface area contributed by atoms with Gasteiger partial charge in [-0.15, -0.1) is 0 Å². The number of fused-ring (bicyclic) bond motifs is 1. The molecule has 0 nitrogen and oxygen atoms in total. The molecular weight excluding hydrogens is 266 g/mol. The Morgan fingerprint density at radius 1 is 1.21 bits per heavy atom. The molecule has 0 aliphatic heterocycles. The molecule has 2 rings (SSSR count). The van der Waals surface area contributed by atoms with E-state index in [1.807, 2.05) is 19.1 Å². The number of hydrogen-bond donors (Lipinski definition) is 0. The van der Waals surface area contributed by atoms with Gasteiger partial charge in [0.2, 0.25) is 0 Å². The van der Waals surface area contributed by atoms with Gasteiger partial charge in [-0.25, -0.2) is 4.39 Å². The molecular formula is C11H7BrClF. The fourth-order valence-corrected chi connectivity index (χ4v) is 2.75. The Balaban J connectivity index is 2.94. The lowest BCUT2D eigenvalue weighted by Gasteiger charge is -2.05. The number of hydrogen-bond acceptors (Lipinski definition) is 0. The van der Waals surface area contributed by atoms with Crippen molar-refractivity contribution in [1.29, 1.82) is 0 Å². The van der Waals surface area contributed by atoms with Crippen molar-refractivity contribution in [2.24, 2.45) is 0 Å². The maximum absolute atomic E-state index is 13.1. The number of benzene rings is 2. The molecule has 3 heteroatoms. The van der Waals surface area contributed by atoms with Crippen LogP contribution in [0.2, 0.25) is 5.02 Å². The number of rotatable bonds is 0. The maximum atomic E-state index is 13.1. The summed E-state index contributed by atoms with van der Waals surface area (Å²) in [5.41, 5.74) is 1.08. The van der Waals surface area contributed by atoms with Crippen molar-refractivity contribution in [1.82, 2.24) is 0 Å². The highest BCUT2D eigenvalue weighted by Crippen LogP contribution is 2.32. The maximum Gasteiger partial charge on any atom is 0.125 e. The van der Waals surface area contributed by atoms with E-state index in [0.29, 0.717) is 5.02 Å². The summed E-state index contributed by atoms with van der Waals surface area (Å²) >= 11 is 9.37. The lowest BCUT2D eigenvalue weighted by atomic mass is 10.1. The minimum atomic E-state index is -0.306. The zero-order valence-corrected chi connectivity index (χ0v) is 9.79. The Kier molecular flexibility index (Phi) is 2.50. The third-order valence-corrected chi connectivity index (χ3v) is 2.99. The SMILES string of the molecule is Cc1cc(Br)c2c(Cl)cc(F)cc2c1. The van der Waals surface area contributed by atoms with E-state index < -0.39 is 0 Å². The minimum absolute atomic E-state index is 0.306. The number of aryl methyl sites for hydroxylation is 1. The van der Waals surface area contributed by atoms with Crippen LogP contribution in [0.15, 0.2) is 28.7 Å². The van der Waals surface area contributed by atoms with Gasteiger partial charge >= 0.3 is 0 Å². The molecule has 0 unspecified atom stereocenters. The highest BCUT2D eigenvalue weighted by atomic mass is 79.9. The predicted octanol–water partition coefficient (Wildman–Crippen LogP) is 4.70. The minimum Gasteiger partial charge on any atom is -0.207 e. The summed E-state index contributed by atoms with van der Waals surface area (Å²) in [4.78, 5) is 0. The average molecular weight is 274 g/mol. The van der Waals surface area contributed by atoms with E-state index in [1.54, 1.807) is 0 Å². The van der Waals surface area contributed by atoms with E-state index in [2.05, 4.69) is 15.9 Å². The lowest BCUT2D eigenvalue weighted by molar-refractivity contribution is 0.630. The van der Waals surface area contributed by atoms with Crippen molar-refractivity contribution >= 4 is 38.3 Å². The molecule has 0 N–H and O–H groups in total. The summed E-state index contributed by atoms with van der Waals surface area (Å²) in [5.74, 6) is -0.306. The molecule has 0 aliphatic rings. The first-order chi connectivity index (χ1) is 6.58. The third kappa shape index (κ3) is 1.64. The molecule has 0 bridgehead atoms. The summed E-state index contributed by atoms with van der Waals surface area (Å²) < 4.78 is 14.0. The van der Waals surface area contributed by atoms with E-state index in [4.69, 9.17) is 11.6 Å². The van der Waals surface area contributed by atoms with Gasteiger partial charge in [0.15, 0.2) is 0 Å². The van der Waals surface area contributed by atoms with E-state index in [-0.39, 0.29) is 5.82 Å². The molecule has 14 heavy (non-hydrogen) atoms. The monoisotopic (exact) mass is 272 g/mol. The van der Waals surface area contributed by atoms with Gasteiger partial charge in [0.25, 0.3) is 0 Å². The zero-order chi connectivity index (χ0) is 10.3. The van der Waals surface area contributed by atoms with Crippen molar-refractivity contribution in [3.8, 4) is 0 Å². The first-order valence-corrected chi connectivity index (χ1v) is 5.30. The van der Waals surface area contributed by atoms with Gasteiger partial charge in [0.1, 0.15) is 5.82 Å². The van der Waals surface area contributed by atoms with Gasteiger partial charge in [0, 0.05) is 9.86 Å². The summed E-state index contributed by atoms with van der Waals surface area (Å²) in [7, 11) is 0. The number of halogens is 3. The van der Waals surface area contributed by atoms with Gasteiger partial charge in [-0.2, -0.15) is 0 Å². The molecule has 0 aliphatic carbocycles. The van der Waals surface area contributed by atoms with Crippen LogP contribution >= 0.6 is 27.5 Å². The molecule has 0 saturated carbocycles. The highest BCUT2D eigenvalue weighted by molar-refractivity contribution is 9.10. The topological polar surface area (TPSA) is 0 Å². The van der Waals surface area contributed by atoms with Crippen LogP contribution in [-0.4, -0.2) is 0 Å². The molecule has 2 aromatic carbocycles. The highest BCUT2D eigenvalue weighted by Gasteiger charge is 2.06. The summed E-state index contributed by atoms with van der Waals surface area (Å²) in [6, 6.07) is 6.68. The predicted molar refractivity (Wildman–Crippen MR) is 61.4 cm³/mol. The van der Waals surface area contributed by atoms with Gasteiger partial charge < -0.3 is 0 Å². The largest absolute Gasteiger partial charge is 0.207 e. The summed E-state index contributed by atoms with van der Waals surface area (Å²) in [6.07, 6.45) is 0. The molecule has 0 heterocycles. The zero-order valence-electron chi connectivity index (χ0n) is 7.44. The Morgan fingerprint density at radius 3 is 2.64 bits per heavy atom. The molecule has 0 aromatic heterocycles. The Morgan fingerprint density at radius 2 is 1.93 bits per heavy atom. The van der Waals surface area contributed by atoms with Crippen molar-refractivity contribution in [3.63, 3.8) is 0 Å². The van der Waals surface area contributed by atoms with Crippen LogP contribution < -0.4 is 0 Å². The van der Waals surface area contributed by atoms with Crippen LogP contribution in [0.25, 0.3) is 10.8 Å². The fourth-order valence-electron chi connectivity index (χ4n) is 1.52. The van der Waals surface area contributed by atoms with E-state index >= 15 is 0 Å². The standard InChI is InChI=1S/C11H7BrClF/c1-6-2-7-4-8(14)5-10(13)11(7)9(12)3-6/h2-5H,1H3. The quantitative estimate of drug-likeness (QED) is 0.652. The molecule has 2 aromatic rings. The van der Waals surface area contributed by atoms with E-state index in [1.165, 1.54) is 12.1 Å². The Bertz CT molecular complexity index is 465. The summed E-state index contributed by atoms with van der Waals surface area (Å²) in [5, 5.41) is 2.12. The first-order valence-electron chi connectivity index (χ1n) is 4.13. The Labute approximate surface area is 94.8 Å². The second-order valence-electron chi connectivity index (χ2n) is 3.23. The van der Waals surface area contributed by atoms with Gasteiger partial charge in [-0.3, -0.25) is 0 Å². The van der Waals surface area contributed by atoms with Crippen LogP contribution in [0.3, 0.4) is 0 Å². The lowest BCUT2D eigenvalue weighted by Crippen LogP contribution is -1.82. The summed E-state index contributed by atoms with van der Waals surface area (Å²) in [6.45, 7) is 1.96. The van der Waals surface area contributed by atoms with Crippen LogP contribution in [0.1, 0.15) is 5.56 Å². The third-order valence-electron chi connectivity index (χ3n) is 2.06. The molecule has 72 valence electrons. The molecule has 0 spiro atoms. The first kappa shape index (κ1) is 9.94. The smallest absolute Gasteiger partial charge is 0.125 e. The normalized spacial score (nSPS) is 10.9. The molecule has 0 radical (unpaired) electrons. The van der Waals surface area contributed by atoms with E-state index in [9.17, 15) is 4.39 Å². The van der Waals surface area contributed by atoms with Crippen LogP contribution in [0, 0.1) is 12.7 Å². The second kappa shape index (κ2) is 3.52. The van der Waals surface area contributed by atoms with Crippen LogP contribution in [0.5, 0.6) is 0 Å². The van der Waals surface area contributed by atoms with Gasteiger partial charge in [0.05, 0.1) is 5.02 Å². The van der Waals surface area contributed by atoms with Crippen molar-refractivity contribution in [2.75, 3.05) is 0 Å². The molecule has 0 fully saturated rings. The van der Waals surface area contributed by atoms with E-state index in [0.717, 1.165) is 20.8 Å².